The average molecular weight is 426 g/mol. The van der Waals surface area contributed by atoms with E-state index in [0.29, 0.717) is 10.6 Å². The van der Waals surface area contributed by atoms with Gasteiger partial charge in [-0.15, -0.1) is 11.3 Å². The maximum absolute atomic E-state index is 13.2. The van der Waals surface area contributed by atoms with E-state index in [1.54, 1.807) is 19.2 Å². The van der Waals surface area contributed by atoms with Gasteiger partial charge in [0.05, 0.1) is 12.8 Å². The van der Waals surface area contributed by atoms with E-state index in [9.17, 15) is 9.18 Å². The van der Waals surface area contributed by atoms with E-state index in [-0.39, 0.29) is 17.8 Å². The van der Waals surface area contributed by atoms with E-state index >= 15 is 0 Å². The summed E-state index contributed by atoms with van der Waals surface area (Å²) in [6.07, 6.45) is 1.78. The molecule has 5 nitrogen and oxygen atoms in total. The van der Waals surface area contributed by atoms with E-state index in [0.717, 1.165) is 42.3 Å². The molecule has 0 atom stereocenters. The third kappa shape index (κ3) is 4.46. The molecule has 1 aliphatic heterocycles. The number of rotatable bonds is 5. The van der Waals surface area contributed by atoms with Gasteiger partial charge < -0.3 is 15.0 Å². The maximum Gasteiger partial charge on any atom is 0.263 e. The molecule has 0 bridgehead atoms. The number of carbonyl (C=O) groups is 1. The fraction of sp³-hybridized carbons (Fsp3) is 0.304. The highest BCUT2D eigenvalue weighted by atomic mass is 32.1. The molecule has 1 aliphatic rings. The van der Waals surface area contributed by atoms with Crippen molar-refractivity contribution in [2.45, 2.75) is 25.8 Å². The minimum absolute atomic E-state index is 0.0822. The Labute approximate surface area is 179 Å². The molecule has 1 aromatic heterocycles. The van der Waals surface area contributed by atoms with Gasteiger partial charge in [-0.3, -0.25) is 4.79 Å². The lowest BCUT2D eigenvalue weighted by molar-refractivity contribution is 0.0934. The second-order valence-corrected chi connectivity index (χ2v) is 8.37. The standard InChI is InChI=1S/C23H24FN3O2S/c1-15-21(30-23(25-15)16-3-5-17(24)6-4-16)22(28)26-18-11-13-27(14-12-18)19-7-9-20(29-2)10-8-19/h3-10,18H,11-14H2,1-2H3,(H,26,28). The van der Waals surface area contributed by atoms with Gasteiger partial charge in [-0.05, 0) is 68.3 Å². The van der Waals surface area contributed by atoms with Crippen LogP contribution in [0.25, 0.3) is 10.6 Å². The highest BCUT2D eigenvalue weighted by molar-refractivity contribution is 7.17. The highest BCUT2D eigenvalue weighted by Crippen LogP contribution is 2.29. The average Bonchev–Trinajstić information content (AvgIpc) is 3.16. The predicted octanol–water partition coefficient (Wildman–Crippen LogP) is 4.67. The van der Waals surface area contributed by atoms with Crippen LogP contribution in [0.4, 0.5) is 10.1 Å². The summed E-state index contributed by atoms with van der Waals surface area (Å²) in [5.74, 6) is 0.480. The Balaban J connectivity index is 1.36. The summed E-state index contributed by atoms with van der Waals surface area (Å²) in [5.41, 5.74) is 2.69. The Morgan fingerprint density at radius 1 is 1.13 bits per heavy atom. The minimum atomic E-state index is -0.286. The number of piperidine rings is 1. The first-order valence-corrected chi connectivity index (χ1v) is 10.8. The maximum atomic E-state index is 13.2. The largest absolute Gasteiger partial charge is 0.497 e. The summed E-state index contributed by atoms with van der Waals surface area (Å²) < 4.78 is 18.4. The van der Waals surface area contributed by atoms with Gasteiger partial charge in [0.1, 0.15) is 21.5 Å². The molecule has 7 heteroatoms. The molecule has 4 rings (SSSR count). The molecular weight excluding hydrogens is 401 g/mol. The predicted molar refractivity (Wildman–Crippen MR) is 118 cm³/mol. The van der Waals surface area contributed by atoms with Crippen molar-refractivity contribution in [3.05, 3.63) is 64.9 Å². The summed E-state index contributed by atoms with van der Waals surface area (Å²) in [7, 11) is 1.66. The number of amides is 1. The summed E-state index contributed by atoms with van der Waals surface area (Å²) >= 11 is 1.35. The van der Waals surface area contributed by atoms with Gasteiger partial charge in [-0.25, -0.2) is 9.37 Å². The zero-order chi connectivity index (χ0) is 21.1. The molecule has 2 heterocycles. The van der Waals surface area contributed by atoms with Crippen molar-refractivity contribution in [3.63, 3.8) is 0 Å². The normalized spacial score (nSPS) is 14.6. The molecule has 30 heavy (non-hydrogen) atoms. The van der Waals surface area contributed by atoms with Crippen molar-refractivity contribution in [1.82, 2.24) is 10.3 Å². The van der Waals surface area contributed by atoms with Crippen LogP contribution in [-0.2, 0) is 0 Å². The van der Waals surface area contributed by atoms with Crippen LogP contribution in [0.15, 0.2) is 48.5 Å². The van der Waals surface area contributed by atoms with Gasteiger partial charge in [0, 0.05) is 30.4 Å². The number of hydrogen-bond donors (Lipinski definition) is 1. The molecule has 3 aromatic rings. The fourth-order valence-electron chi connectivity index (χ4n) is 3.65. The van der Waals surface area contributed by atoms with E-state index in [1.807, 2.05) is 19.1 Å². The third-order valence-electron chi connectivity index (χ3n) is 5.36. The zero-order valence-electron chi connectivity index (χ0n) is 17.0. The van der Waals surface area contributed by atoms with Crippen LogP contribution in [0.5, 0.6) is 5.75 Å². The SMILES string of the molecule is COc1ccc(N2CCC(NC(=O)c3sc(-c4ccc(F)cc4)nc3C)CC2)cc1. The Kier molecular flexibility index (Phi) is 5.99. The second-order valence-electron chi connectivity index (χ2n) is 7.37. The van der Waals surface area contributed by atoms with E-state index in [2.05, 4.69) is 27.3 Å². The Morgan fingerprint density at radius 3 is 2.43 bits per heavy atom. The number of anilines is 1. The van der Waals surface area contributed by atoms with E-state index < -0.39 is 0 Å². The van der Waals surface area contributed by atoms with Gasteiger partial charge in [0.2, 0.25) is 0 Å². The second kappa shape index (κ2) is 8.83. The quantitative estimate of drug-likeness (QED) is 0.646. The number of nitrogens with one attached hydrogen (secondary N) is 1. The molecule has 1 amide bonds. The van der Waals surface area contributed by atoms with Crippen LogP contribution >= 0.6 is 11.3 Å². The molecule has 2 aromatic carbocycles. The Hall–Kier alpha value is -2.93. The lowest BCUT2D eigenvalue weighted by Gasteiger charge is -2.34. The first kappa shape index (κ1) is 20.3. The molecule has 156 valence electrons. The number of halogens is 1. The van der Waals surface area contributed by atoms with Crippen LogP contribution in [0, 0.1) is 12.7 Å². The molecule has 0 aliphatic carbocycles. The van der Waals surface area contributed by atoms with E-state index in [1.165, 1.54) is 29.2 Å². The number of thiazole rings is 1. The molecule has 0 unspecified atom stereocenters. The minimum Gasteiger partial charge on any atom is -0.497 e. The van der Waals surface area contributed by atoms with Crippen molar-refractivity contribution in [1.29, 1.82) is 0 Å². The summed E-state index contributed by atoms with van der Waals surface area (Å²) in [5, 5.41) is 3.89. The molecule has 0 radical (unpaired) electrons. The van der Waals surface area contributed by atoms with Crippen LogP contribution < -0.4 is 15.0 Å². The number of methoxy groups -OCH3 is 1. The number of benzene rings is 2. The zero-order valence-corrected chi connectivity index (χ0v) is 17.8. The van der Waals surface area contributed by atoms with Gasteiger partial charge in [0.15, 0.2) is 0 Å². The first-order valence-electron chi connectivity index (χ1n) is 9.96. The van der Waals surface area contributed by atoms with Crippen LogP contribution in [-0.4, -0.2) is 37.1 Å². The Bertz CT molecular complexity index is 1010. The summed E-state index contributed by atoms with van der Waals surface area (Å²) in [6.45, 7) is 3.62. The summed E-state index contributed by atoms with van der Waals surface area (Å²) in [6, 6.07) is 14.4. The number of ether oxygens (including phenoxy) is 1. The van der Waals surface area contributed by atoms with Crippen molar-refractivity contribution in [2.75, 3.05) is 25.1 Å². The van der Waals surface area contributed by atoms with Gasteiger partial charge in [-0.1, -0.05) is 0 Å². The molecule has 0 saturated carbocycles. The van der Waals surface area contributed by atoms with Crippen molar-refractivity contribution in [3.8, 4) is 16.3 Å². The van der Waals surface area contributed by atoms with E-state index in [4.69, 9.17) is 4.74 Å². The fourth-order valence-corrected chi connectivity index (χ4v) is 4.62. The monoisotopic (exact) mass is 425 g/mol. The van der Waals surface area contributed by atoms with Gasteiger partial charge in [0.25, 0.3) is 5.91 Å². The van der Waals surface area contributed by atoms with Crippen LogP contribution in [0.1, 0.15) is 28.2 Å². The number of carbonyl (C=O) groups excluding carboxylic acids is 1. The van der Waals surface area contributed by atoms with Crippen molar-refractivity contribution < 1.29 is 13.9 Å². The topological polar surface area (TPSA) is 54.5 Å². The van der Waals surface area contributed by atoms with Crippen molar-refractivity contribution >= 4 is 22.9 Å². The van der Waals surface area contributed by atoms with Crippen molar-refractivity contribution in [2.24, 2.45) is 0 Å². The number of aryl methyl sites for hydroxylation is 1. The molecular formula is C23H24FN3O2S. The highest BCUT2D eigenvalue weighted by Gasteiger charge is 2.23. The Morgan fingerprint density at radius 2 is 1.80 bits per heavy atom. The number of aromatic nitrogens is 1. The summed E-state index contributed by atoms with van der Waals surface area (Å²) in [4.78, 5) is 20.3. The number of nitrogens with zero attached hydrogens (tertiary/aromatic N) is 2. The van der Waals surface area contributed by atoms with Gasteiger partial charge >= 0.3 is 0 Å². The smallest absolute Gasteiger partial charge is 0.263 e. The molecule has 1 saturated heterocycles. The third-order valence-corrected chi connectivity index (χ3v) is 6.57. The molecule has 1 fully saturated rings. The number of hydrogen-bond acceptors (Lipinski definition) is 5. The lowest BCUT2D eigenvalue weighted by Crippen LogP contribution is -2.44. The van der Waals surface area contributed by atoms with Crippen LogP contribution in [0.2, 0.25) is 0 Å². The first-order chi connectivity index (χ1) is 14.5. The molecule has 0 spiro atoms. The van der Waals surface area contributed by atoms with Gasteiger partial charge in [-0.2, -0.15) is 0 Å². The van der Waals surface area contributed by atoms with Crippen LogP contribution in [0.3, 0.4) is 0 Å². The molecule has 1 N–H and O–H groups in total. The lowest BCUT2D eigenvalue weighted by atomic mass is 10.0.